The summed E-state index contributed by atoms with van der Waals surface area (Å²) in [6.45, 7) is 3.56. The van der Waals surface area contributed by atoms with E-state index in [4.69, 9.17) is 11.6 Å². The Morgan fingerprint density at radius 2 is 1.79 bits per heavy atom. The Kier molecular flexibility index (Phi) is 5.76. The van der Waals surface area contributed by atoms with Gasteiger partial charge in [0.05, 0.1) is 11.6 Å². The van der Waals surface area contributed by atoms with E-state index >= 15 is 0 Å². The summed E-state index contributed by atoms with van der Waals surface area (Å²) >= 11 is 5.95. The van der Waals surface area contributed by atoms with E-state index in [9.17, 15) is 4.79 Å². The lowest BCUT2D eigenvalue weighted by Gasteiger charge is -2.32. The van der Waals surface area contributed by atoms with Crippen LogP contribution in [0, 0.1) is 12.8 Å². The van der Waals surface area contributed by atoms with Gasteiger partial charge in [-0.1, -0.05) is 41.4 Å². The molecule has 0 spiro atoms. The fourth-order valence-electron chi connectivity index (χ4n) is 3.55. The van der Waals surface area contributed by atoms with Crippen molar-refractivity contribution in [3.05, 3.63) is 71.2 Å². The number of anilines is 2. The van der Waals surface area contributed by atoms with Crippen LogP contribution in [0.15, 0.2) is 60.7 Å². The standard InChI is InChI=1S/C23H23ClN4O/c1-16-4-10-20(11-5-16)25-23(29)18-3-2-14-28(15-18)22-13-12-21(26-27-22)17-6-8-19(24)9-7-17/h4-13,18H,2-3,14-15H2,1H3,(H,25,29). The zero-order chi connectivity index (χ0) is 20.2. The van der Waals surface area contributed by atoms with Gasteiger partial charge in [-0.05, 0) is 56.2 Å². The first-order valence-corrected chi connectivity index (χ1v) is 10.2. The Balaban J connectivity index is 1.41. The minimum atomic E-state index is -0.0669. The van der Waals surface area contributed by atoms with Crippen LogP contribution in [0.3, 0.4) is 0 Å². The molecule has 0 bridgehead atoms. The predicted molar refractivity (Wildman–Crippen MR) is 117 cm³/mol. The average Bonchev–Trinajstić information content (AvgIpc) is 2.76. The van der Waals surface area contributed by atoms with Gasteiger partial charge in [0.2, 0.25) is 5.91 Å². The first-order valence-electron chi connectivity index (χ1n) is 9.80. The van der Waals surface area contributed by atoms with Gasteiger partial charge in [0, 0.05) is 29.4 Å². The maximum absolute atomic E-state index is 12.7. The topological polar surface area (TPSA) is 58.1 Å². The molecule has 0 saturated carbocycles. The van der Waals surface area contributed by atoms with Gasteiger partial charge < -0.3 is 10.2 Å². The van der Waals surface area contributed by atoms with Crippen LogP contribution in [-0.2, 0) is 4.79 Å². The highest BCUT2D eigenvalue weighted by atomic mass is 35.5. The molecule has 2 aromatic carbocycles. The zero-order valence-corrected chi connectivity index (χ0v) is 17.1. The molecule has 3 aromatic rings. The third-order valence-corrected chi connectivity index (χ3v) is 5.48. The summed E-state index contributed by atoms with van der Waals surface area (Å²) in [5.74, 6) is 0.794. The number of piperidine rings is 1. The summed E-state index contributed by atoms with van der Waals surface area (Å²) in [5.41, 5.74) is 3.79. The monoisotopic (exact) mass is 406 g/mol. The summed E-state index contributed by atoms with van der Waals surface area (Å²) in [7, 11) is 0. The minimum Gasteiger partial charge on any atom is -0.354 e. The van der Waals surface area contributed by atoms with Crippen LogP contribution in [-0.4, -0.2) is 29.2 Å². The van der Waals surface area contributed by atoms with E-state index < -0.39 is 0 Å². The number of benzene rings is 2. The number of rotatable bonds is 4. The molecular formula is C23H23ClN4O. The van der Waals surface area contributed by atoms with Crippen molar-refractivity contribution in [2.24, 2.45) is 5.92 Å². The lowest BCUT2D eigenvalue weighted by molar-refractivity contribution is -0.120. The predicted octanol–water partition coefficient (Wildman–Crippen LogP) is 4.96. The van der Waals surface area contributed by atoms with E-state index in [1.54, 1.807) is 0 Å². The number of carbonyl (C=O) groups is 1. The molecule has 1 atom stereocenters. The number of hydrogen-bond acceptors (Lipinski definition) is 4. The summed E-state index contributed by atoms with van der Waals surface area (Å²) in [6.07, 6.45) is 1.83. The third-order valence-electron chi connectivity index (χ3n) is 5.23. The van der Waals surface area contributed by atoms with Crippen LogP contribution in [0.4, 0.5) is 11.5 Å². The maximum Gasteiger partial charge on any atom is 0.229 e. The van der Waals surface area contributed by atoms with Crippen LogP contribution in [0.25, 0.3) is 11.3 Å². The third kappa shape index (κ3) is 4.74. The molecule has 1 aromatic heterocycles. The minimum absolute atomic E-state index is 0.0595. The van der Waals surface area contributed by atoms with E-state index in [1.165, 1.54) is 5.56 Å². The molecule has 4 rings (SSSR count). The van der Waals surface area contributed by atoms with E-state index in [0.717, 1.165) is 42.1 Å². The van der Waals surface area contributed by atoms with E-state index in [-0.39, 0.29) is 11.8 Å². The number of nitrogens with zero attached hydrogens (tertiary/aromatic N) is 3. The molecule has 1 saturated heterocycles. The lowest BCUT2D eigenvalue weighted by Crippen LogP contribution is -2.41. The van der Waals surface area contributed by atoms with Crippen molar-refractivity contribution >= 4 is 29.0 Å². The Bertz CT molecular complexity index is 971. The van der Waals surface area contributed by atoms with Gasteiger partial charge in [-0.15, -0.1) is 10.2 Å². The molecule has 0 aliphatic carbocycles. The molecule has 6 heteroatoms. The number of aryl methyl sites for hydroxylation is 1. The smallest absolute Gasteiger partial charge is 0.229 e. The molecule has 1 unspecified atom stereocenters. The summed E-state index contributed by atoms with van der Waals surface area (Å²) < 4.78 is 0. The molecule has 1 amide bonds. The molecule has 148 valence electrons. The molecule has 1 N–H and O–H groups in total. The second-order valence-corrected chi connectivity index (χ2v) is 7.86. The molecule has 1 aliphatic heterocycles. The van der Waals surface area contributed by atoms with Crippen molar-refractivity contribution in [1.82, 2.24) is 10.2 Å². The van der Waals surface area contributed by atoms with Gasteiger partial charge in [0.25, 0.3) is 0 Å². The molecular weight excluding hydrogens is 384 g/mol. The highest BCUT2D eigenvalue weighted by Crippen LogP contribution is 2.25. The van der Waals surface area contributed by atoms with E-state index in [1.807, 2.05) is 67.6 Å². The van der Waals surface area contributed by atoms with Crippen LogP contribution in [0.2, 0.25) is 5.02 Å². The maximum atomic E-state index is 12.7. The summed E-state index contributed by atoms with van der Waals surface area (Å²) in [5, 5.41) is 12.5. The number of amides is 1. The van der Waals surface area contributed by atoms with Crippen molar-refractivity contribution in [1.29, 1.82) is 0 Å². The average molecular weight is 407 g/mol. The van der Waals surface area contributed by atoms with Gasteiger partial charge in [0.1, 0.15) is 0 Å². The Labute approximate surface area is 175 Å². The number of carbonyl (C=O) groups excluding carboxylic acids is 1. The highest BCUT2D eigenvalue weighted by molar-refractivity contribution is 6.30. The molecule has 1 fully saturated rings. The van der Waals surface area contributed by atoms with Crippen LogP contribution in [0.5, 0.6) is 0 Å². The fourth-order valence-corrected chi connectivity index (χ4v) is 3.67. The molecule has 1 aliphatic rings. The molecule has 29 heavy (non-hydrogen) atoms. The first kappa shape index (κ1) is 19.4. The fraction of sp³-hybridized carbons (Fsp3) is 0.261. The second-order valence-electron chi connectivity index (χ2n) is 7.42. The number of aromatic nitrogens is 2. The number of hydrogen-bond donors (Lipinski definition) is 1. The molecule has 0 radical (unpaired) electrons. The molecule has 5 nitrogen and oxygen atoms in total. The van der Waals surface area contributed by atoms with Gasteiger partial charge in [-0.3, -0.25) is 4.79 Å². The quantitative estimate of drug-likeness (QED) is 0.665. The normalized spacial score (nSPS) is 16.5. The number of halogens is 1. The zero-order valence-electron chi connectivity index (χ0n) is 16.3. The first-order chi connectivity index (χ1) is 14.1. The van der Waals surface area contributed by atoms with Gasteiger partial charge >= 0.3 is 0 Å². The van der Waals surface area contributed by atoms with E-state index in [2.05, 4.69) is 20.4 Å². The van der Waals surface area contributed by atoms with E-state index in [0.29, 0.717) is 11.6 Å². The van der Waals surface area contributed by atoms with Crippen molar-refractivity contribution in [2.45, 2.75) is 19.8 Å². The van der Waals surface area contributed by atoms with Crippen LogP contribution in [0.1, 0.15) is 18.4 Å². The second kappa shape index (κ2) is 8.62. The van der Waals surface area contributed by atoms with Gasteiger partial charge in [-0.25, -0.2) is 0 Å². The Hall–Kier alpha value is -2.92. The van der Waals surface area contributed by atoms with Gasteiger partial charge in [-0.2, -0.15) is 0 Å². The summed E-state index contributed by atoms with van der Waals surface area (Å²) in [4.78, 5) is 14.9. The van der Waals surface area contributed by atoms with Crippen molar-refractivity contribution < 1.29 is 4.79 Å². The Morgan fingerprint density at radius 3 is 2.48 bits per heavy atom. The van der Waals surface area contributed by atoms with Gasteiger partial charge in [0.15, 0.2) is 5.82 Å². The number of nitrogens with one attached hydrogen (secondary N) is 1. The van der Waals surface area contributed by atoms with Crippen molar-refractivity contribution in [2.75, 3.05) is 23.3 Å². The van der Waals surface area contributed by atoms with Crippen LogP contribution >= 0.6 is 11.6 Å². The SMILES string of the molecule is Cc1ccc(NC(=O)C2CCCN(c3ccc(-c4ccc(Cl)cc4)nn3)C2)cc1. The van der Waals surface area contributed by atoms with Crippen LogP contribution < -0.4 is 10.2 Å². The Morgan fingerprint density at radius 1 is 1.03 bits per heavy atom. The van der Waals surface area contributed by atoms with Crippen molar-refractivity contribution in [3.8, 4) is 11.3 Å². The van der Waals surface area contributed by atoms with Crippen molar-refractivity contribution in [3.63, 3.8) is 0 Å². The molecule has 2 heterocycles. The highest BCUT2D eigenvalue weighted by Gasteiger charge is 2.26. The lowest BCUT2D eigenvalue weighted by atomic mass is 9.97. The summed E-state index contributed by atoms with van der Waals surface area (Å²) in [6, 6.07) is 19.4. The largest absolute Gasteiger partial charge is 0.354 e.